The van der Waals surface area contributed by atoms with Crippen molar-refractivity contribution in [3.05, 3.63) is 65.2 Å². The lowest BCUT2D eigenvalue weighted by atomic mass is 9.71. The molecule has 1 atom stereocenters. The smallest absolute Gasteiger partial charge is 0.248 e. The number of fused-ring (bicyclic) bond motifs is 1. The molecule has 1 unspecified atom stereocenters. The molecule has 2 aromatic carbocycles. The molecule has 26 heavy (non-hydrogen) atoms. The highest BCUT2D eigenvalue weighted by molar-refractivity contribution is 5.90. The summed E-state index contributed by atoms with van der Waals surface area (Å²) < 4.78 is 5.25. The molecule has 5 nitrogen and oxygen atoms in total. The number of hydrogen-bond donors (Lipinski definition) is 2. The molecule has 1 aliphatic rings. The molecular weight excluding hydrogens is 328 g/mol. The van der Waals surface area contributed by atoms with E-state index in [-0.39, 0.29) is 18.2 Å². The Morgan fingerprint density at radius 3 is 2.62 bits per heavy atom. The molecule has 0 saturated carbocycles. The molecule has 0 aromatic heterocycles. The Morgan fingerprint density at radius 2 is 1.81 bits per heavy atom. The van der Waals surface area contributed by atoms with E-state index in [0.29, 0.717) is 5.75 Å². The third kappa shape index (κ3) is 3.57. The Kier molecular flexibility index (Phi) is 5.26. The zero-order chi connectivity index (χ0) is 18.6. The number of carbonyl (C=O) groups excluding carboxylic acids is 2. The Hall–Kier alpha value is -2.82. The van der Waals surface area contributed by atoms with Crippen molar-refractivity contribution in [3.63, 3.8) is 0 Å². The number of methoxy groups -OCH3 is 1. The Labute approximate surface area is 153 Å². The van der Waals surface area contributed by atoms with Crippen LogP contribution in [0.3, 0.4) is 0 Å². The molecule has 1 aliphatic carbocycles. The Balaban J connectivity index is 1.65. The van der Waals surface area contributed by atoms with Crippen LogP contribution < -0.4 is 15.6 Å². The van der Waals surface area contributed by atoms with Crippen LogP contribution in [0, 0.1) is 0 Å². The summed E-state index contributed by atoms with van der Waals surface area (Å²) in [6.45, 7) is 1.94. The van der Waals surface area contributed by atoms with Gasteiger partial charge in [0.2, 0.25) is 11.8 Å². The fraction of sp³-hybridized carbons (Fsp3) is 0.333. The van der Waals surface area contributed by atoms with E-state index in [1.165, 1.54) is 5.56 Å². The van der Waals surface area contributed by atoms with E-state index in [9.17, 15) is 9.59 Å². The van der Waals surface area contributed by atoms with E-state index < -0.39 is 5.41 Å². The highest BCUT2D eigenvalue weighted by Crippen LogP contribution is 2.37. The highest BCUT2D eigenvalue weighted by Gasteiger charge is 2.38. The average Bonchev–Trinajstić information content (AvgIpc) is 2.67. The minimum atomic E-state index is -0.632. The maximum atomic E-state index is 12.8. The normalized spacial score (nSPS) is 18.5. The van der Waals surface area contributed by atoms with Gasteiger partial charge in [-0.3, -0.25) is 20.4 Å². The van der Waals surface area contributed by atoms with Crippen molar-refractivity contribution in [2.24, 2.45) is 0 Å². The van der Waals surface area contributed by atoms with E-state index in [0.717, 1.165) is 30.4 Å². The first-order valence-corrected chi connectivity index (χ1v) is 8.84. The number of nitrogens with one attached hydrogen (secondary N) is 2. The molecule has 0 aliphatic heterocycles. The molecule has 2 N–H and O–H groups in total. The van der Waals surface area contributed by atoms with Gasteiger partial charge in [-0.05, 0) is 43.4 Å². The molecule has 0 bridgehead atoms. The maximum Gasteiger partial charge on any atom is 0.248 e. The minimum absolute atomic E-state index is 0.137. The summed E-state index contributed by atoms with van der Waals surface area (Å²) in [6, 6.07) is 15.4. The second kappa shape index (κ2) is 7.60. The first-order chi connectivity index (χ1) is 12.5. The van der Waals surface area contributed by atoms with Crippen molar-refractivity contribution in [1.82, 2.24) is 10.9 Å². The Bertz CT molecular complexity index is 818. The number of carbonyl (C=O) groups is 2. The van der Waals surface area contributed by atoms with Crippen molar-refractivity contribution in [3.8, 4) is 5.75 Å². The van der Waals surface area contributed by atoms with Gasteiger partial charge in [0, 0.05) is 5.56 Å². The predicted molar refractivity (Wildman–Crippen MR) is 99.7 cm³/mol. The molecule has 0 heterocycles. The largest absolute Gasteiger partial charge is 0.496 e. The van der Waals surface area contributed by atoms with Crippen LogP contribution in [0.1, 0.15) is 36.5 Å². The van der Waals surface area contributed by atoms with Gasteiger partial charge in [-0.2, -0.15) is 0 Å². The summed E-state index contributed by atoms with van der Waals surface area (Å²) >= 11 is 0. The molecule has 0 fully saturated rings. The maximum absolute atomic E-state index is 12.8. The van der Waals surface area contributed by atoms with Gasteiger partial charge in [0.15, 0.2) is 0 Å². The summed E-state index contributed by atoms with van der Waals surface area (Å²) in [5, 5.41) is 0. The Morgan fingerprint density at radius 1 is 1.08 bits per heavy atom. The standard InChI is InChI=1S/C21H24N2O3/c1-21(13-7-10-15-8-3-5-11-17(15)21)20(25)23-22-19(24)14-16-9-4-6-12-18(16)26-2/h3-6,8-9,11-12H,7,10,13-14H2,1-2H3,(H,22,24)(H,23,25). The van der Waals surface area contributed by atoms with Crippen LogP contribution in [0.15, 0.2) is 48.5 Å². The van der Waals surface area contributed by atoms with Gasteiger partial charge in [-0.25, -0.2) is 0 Å². The third-order valence-electron chi connectivity index (χ3n) is 5.09. The number of hydrazine groups is 1. The van der Waals surface area contributed by atoms with Crippen molar-refractivity contribution in [1.29, 1.82) is 0 Å². The molecule has 136 valence electrons. The molecule has 0 saturated heterocycles. The second-order valence-electron chi connectivity index (χ2n) is 6.83. The molecule has 3 rings (SSSR count). The molecule has 0 spiro atoms. The van der Waals surface area contributed by atoms with Crippen LogP contribution in [0.5, 0.6) is 5.75 Å². The van der Waals surface area contributed by atoms with E-state index in [1.807, 2.05) is 43.3 Å². The molecule has 5 heteroatoms. The summed E-state index contributed by atoms with van der Waals surface area (Å²) in [6.07, 6.45) is 2.84. The van der Waals surface area contributed by atoms with Crippen molar-refractivity contribution in [2.75, 3.05) is 7.11 Å². The summed E-state index contributed by atoms with van der Waals surface area (Å²) in [4.78, 5) is 25.0. The van der Waals surface area contributed by atoms with Gasteiger partial charge in [0.05, 0.1) is 18.9 Å². The topological polar surface area (TPSA) is 67.4 Å². The van der Waals surface area contributed by atoms with Crippen LogP contribution in [-0.4, -0.2) is 18.9 Å². The molecule has 2 amide bonds. The fourth-order valence-corrected chi connectivity index (χ4v) is 3.61. The predicted octanol–water partition coefficient (Wildman–Crippen LogP) is 2.68. The monoisotopic (exact) mass is 352 g/mol. The van der Waals surface area contributed by atoms with E-state index in [2.05, 4.69) is 16.9 Å². The number of hydrogen-bond acceptors (Lipinski definition) is 3. The van der Waals surface area contributed by atoms with Gasteiger partial charge in [0.25, 0.3) is 0 Å². The van der Waals surface area contributed by atoms with E-state index >= 15 is 0 Å². The van der Waals surface area contributed by atoms with Crippen LogP contribution in [0.25, 0.3) is 0 Å². The average molecular weight is 352 g/mol. The van der Waals surface area contributed by atoms with Crippen molar-refractivity contribution >= 4 is 11.8 Å². The minimum Gasteiger partial charge on any atom is -0.496 e. The summed E-state index contributed by atoms with van der Waals surface area (Å²) in [5.74, 6) is 0.190. The SMILES string of the molecule is COc1ccccc1CC(=O)NNC(=O)C1(C)CCCc2ccccc21. The van der Waals surface area contributed by atoms with E-state index in [1.54, 1.807) is 13.2 Å². The molecule has 2 aromatic rings. The van der Waals surface area contributed by atoms with Crippen LogP contribution >= 0.6 is 0 Å². The number of para-hydroxylation sites is 1. The first-order valence-electron chi connectivity index (χ1n) is 8.84. The number of aryl methyl sites for hydroxylation is 1. The third-order valence-corrected chi connectivity index (χ3v) is 5.09. The number of ether oxygens (including phenoxy) is 1. The molecule has 0 radical (unpaired) electrons. The van der Waals surface area contributed by atoms with Crippen LogP contribution in [0.2, 0.25) is 0 Å². The first kappa shape index (κ1) is 18.0. The van der Waals surface area contributed by atoms with Gasteiger partial charge in [-0.15, -0.1) is 0 Å². The zero-order valence-corrected chi connectivity index (χ0v) is 15.2. The van der Waals surface area contributed by atoms with Gasteiger partial charge in [-0.1, -0.05) is 42.5 Å². The second-order valence-corrected chi connectivity index (χ2v) is 6.83. The fourth-order valence-electron chi connectivity index (χ4n) is 3.61. The van der Waals surface area contributed by atoms with Crippen molar-refractivity contribution < 1.29 is 14.3 Å². The number of rotatable bonds is 4. The van der Waals surface area contributed by atoms with Gasteiger partial charge >= 0.3 is 0 Å². The summed E-state index contributed by atoms with van der Waals surface area (Å²) in [7, 11) is 1.57. The molecular formula is C21H24N2O3. The quantitative estimate of drug-likeness (QED) is 0.832. The lowest BCUT2D eigenvalue weighted by Gasteiger charge is -2.34. The lowest BCUT2D eigenvalue weighted by molar-refractivity contribution is -0.132. The van der Waals surface area contributed by atoms with Gasteiger partial charge < -0.3 is 4.74 Å². The van der Waals surface area contributed by atoms with Crippen LogP contribution in [-0.2, 0) is 27.8 Å². The lowest BCUT2D eigenvalue weighted by Crippen LogP contribution is -2.51. The van der Waals surface area contributed by atoms with Crippen LogP contribution in [0.4, 0.5) is 0 Å². The highest BCUT2D eigenvalue weighted by atomic mass is 16.5. The van der Waals surface area contributed by atoms with Crippen molar-refractivity contribution in [2.45, 2.75) is 38.0 Å². The number of amides is 2. The zero-order valence-electron chi connectivity index (χ0n) is 15.2. The number of benzene rings is 2. The van der Waals surface area contributed by atoms with Gasteiger partial charge in [0.1, 0.15) is 5.75 Å². The summed E-state index contributed by atoms with van der Waals surface area (Å²) in [5.41, 5.74) is 7.54. The van der Waals surface area contributed by atoms with E-state index in [4.69, 9.17) is 4.74 Å².